The zero-order valence-electron chi connectivity index (χ0n) is 14.1. The quantitative estimate of drug-likeness (QED) is 0.565. The summed E-state index contributed by atoms with van der Waals surface area (Å²) in [7, 11) is 2.87. The molecule has 6 nitrogen and oxygen atoms in total. The largest absolute Gasteiger partial charge is 0.469 e. The number of rotatable bonds is 5. The SMILES string of the molecule is CNC(=O)c1cc(N)c(N[C@H](CC(=O)OC)C(C)(C)C)cc1Cl. The number of benzene rings is 1. The summed E-state index contributed by atoms with van der Waals surface area (Å²) in [5.41, 5.74) is 7.06. The highest BCUT2D eigenvalue weighted by atomic mass is 35.5. The fourth-order valence-corrected chi connectivity index (χ4v) is 2.28. The lowest BCUT2D eigenvalue weighted by atomic mass is 9.84. The minimum atomic E-state index is -0.316. The van der Waals surface area contributed by atoms with Crippen LogP contribution < -0.4 is 16.4 Å². The Kier molecular flexibility index (Phi) is 6.27. The molecule has 0 saturated carbocycles. The van der Waals surface area contributed by atoms with E-state index >= 15 is 0 Å². The van der Waals surface area contributed by atoms with Crippen molar-refractivity contribution in [2.24, 2.45) is 5.41 Å². The number of methoxy groups -OCH3 is 1. The maximum absolute atomic E-state index is 11.7. The Balaban J connectivity index is 3.12. The molecular weight excluding hydrogens is 318 g/mol. The zero-order chi connectivity index (χ0) is 17.8. The number of carbonyl (C=O) groups is 2. The standard InChI is InChI=1S/C16H24ClN3O3/c1-16(2,3)13(8-14(21)23-5)20-12-7-10(17)9(6-11(12)18)15(22)19-4/h6-7,13,20H,8,18H2,1-5H3,(H,19,22)/t13-/m1/s1. The van der Waals surface area contributed by atoms with E-state index in [1.807, 2.05) is 20.8 Å². The number of nitrogen functional groups attached to an aromatic ring is 1. The Morgan fingerprint density at radius 2 is 1.96 bits per heavy atom. The molecular formula is C16H24ClN3O3. The molecule has 1 amide bonds. The van der Waals surface area contributed by atoms with Gasteiger partial charge in [-0.05, 0) is 17.5 Å². The van der Waals surface area contributed by atoms with E-state index in [0.29, 0.717) is 16.9 Å². The van der Waals surface area contributed by atoms with E-state index in [2.05, 4.69) is 10.6 Å². The molecule has 0 bridgehead atoms. The van der Waals surface area contributed by atoms with Crippen molar-refractivity contribution < 1.29 is 14.3 Å². The highest BCUT2D eigenvalue weighted by Gasteiger charge is 2.28. The molecule has 128 valence electrons. The highest BCUT2D eigenvalue weighted by molar-refractivity contribution is 6.34. The van der Waals surface area contributed by atoms with Gasteiger partial charge in [-0.1, -0.05) is 32.4 Å². The van der Waals surface area contributed by atoms with Crippen LogP contribution in [0.1, 0.15) is 37.6 Å². The van der Waals surface area contributed by atoms with E-state index in [-0.39, 0.29) is 34.8 Å². The van der Waals surface area contributed by atoms with Crippen molar-refractivity contribution in [1.82, 2.24) is 5.32 Å². The highest BCUT2D eigenvalue weighted by Crippen LogP contribution is 2.32. The van der Waals surface area contributed by atoms with Gasteiger partial charge in [-0.2, -0.15) is 0 Å². The third-order valence-corrected chi connectivity index (χ3v) is 3.90. The number of nitrogens with one attached hydrogen (secondary N) is 2. The molecule has 23 heavy (non-hydrogen) atoms. The number of anilines is 2. The molecule has 0 unspecified atom stereocenters. The van der Waals surface area contributed by atoms with E-state index < -0.39 is 0 Å². The summed E-state index contributed by atoms with van der Waals surface area (Å²) >= 11 is 6.16. The Hall–Kier alpha value is -1.95. The average Bonchev–Trinajstić information content (AvgIpc) is 2.47. The lowest BCUT2D eigenvalue weighted by molar-refractivity contribution is -0.141. The number of ether oxygens (including phenoxy) is 1. The van der Waals surface area contributed by atoms with Crippen molar-refractivity contribution in [1.29, 1.82) is 0 Å². The summed E-state index contributed by atoms with van der Waals surface area (Å²) in [6, 6.07) is 2.90. The lowest BCUT2D eigenvalue weighted by Gasteiger charge is -2.32. The van der Waals surface area contributed by atoms with Gasteiger partial charge in [0, 0.05) is 13.1 Å². The van der Waals surface area contributed by atoms with Gasteiger partial charge in [-0.15, -0.1) is 0 Å². The van der Waals surface area contributed by atoms with Crippen LogP contribution in [0.2, 0.25) is 5.02 Å². The van der Waals surface area contributed by atoms with Gasteiger partial charge in [0.15, 0.2) is 0 Å². The van der Waals surface area contributed by atoms with Crippen LogP contribution >= 0.6 is 11.6 Å². The summed E-state index contributed by atoms with van der Waals surface area (Å²) in [5, 5.41) is 6.03. The van der Waals surface area contributed by atoms with E-state index in [4.69, 9.17) is 22.1 Å². The van der Waals surface area contributed by atoms with Gasteiger partial charge in [0.2, 0.25) is 0 Å². The molecule has 0 heterocycles. The van der Waals surface area contributed by atoms with E-state index in [1.54, 1.807) is 6.07 Å². The second-order valence-corrected chi connectivity index (χ2v) is 6.75. The topological polar surface area (TPSA) is 93.5 Å². The molecule has 7 heteroatoms. The third-order valence-electron chi connectivity index (χ3n) is 3.58. The molecule has 0 spiro atoms. The van der Waals surface area contributed by atoms with Crippen LogP contribution in [0, 0.1) is 5.41 Å². The summed E-state index contributed by atoms with van der Waals surface area (Å²) in [6.07, 6.45) is 0.189. The van der Waals surface area contributed by atoms with Gasteiger partial charge < -0.3 is 21.1 Å². The zero-order valence-corrected chi connectivity index (χ0v) is 14.9. The molecule has 1 aromatic carbocycles. The van der Waals surface area contributed by atoms with Crippen LogP contribution in [-0.4, -0.2) is 32.1 Å². The minimum absolute atomic E-state index is 0.189. The average molecular weight is 342 g/mol. The van der Waals surface area contributed by atoms with Crippen molar-refractivity contribution in [3.8, 4) is 0 Å². The number of nitrogens with two attached hydrogens (primary N) is 1. The van der Waals surface area contributed by atoms with E-state index in [9.17, 15) is 9.59 Å². The van der Waals surface area contributed by atoms with Gasteiger partial charge in [0.1, 0.15) is 0 Å². The fraction of sp³-hybridized carbons (Fsp3) is 0.500. The van der Waals surface area contributed by atoms with Gasteiger partial charge in [-0.25, -0.2) is 0 Å². The van der Waals surface area contributed by atoms with Crippen LogP contribution in [0.3, 0.4) is 0 Å². The van der Waals surface area contributed by atoms with Gasteiger partial charge >= 0.3 is 5.97 Å². The summed E-state index contributed by atoms with van der Waals surface area (Å²) in [5.74, 6) is -0.626. The molecule has 1 rings (SSSR count). The number of carbonyl (C=O) groups excluding carboxylic acids is 2. The molecule has 0 fully saturated rings. The molecule has 0 aliphatic heterocycles. The molecule has 0 aliphatic carbocycles. The van der Waals surface area contributed by atoms with E-state index in [0.717, 1.165) is 0 Å². The molecule has 0 aliphatic rings. The van der Waals surface area contributed by atoms with Crippen molar-refractivity contribution in [2.75, 3.05) is 25.2 Å². The maximum atomic E-state index is 11.7. The second kappa shape index (κ2) is 7.55. The van der Waals surface area contributed by atoms with Crippen LogP contribution in [0.25, 0.3) is 0 Å². The monoisotopic (exact) mass is 341 g/mol. The molecule has 1 aromatic rings. The lowest BCUT2D eigenvalue weighted by Crippen LogP contribution is -2.36. The minimum Gasteiger partial charge on any atom is -0.469 e. The Labute approximate surface area is 141 Å². The summed E-state index contributed by atoms with van der Waals surface area (Å²) < 4.78 is 4.74. The molecule has 0 saturated heterocycles. The first kappa shape index (κ1) is 19.1. The van der Waals surface area contributed by atoms with Gasteiger partial charge in [0.05, 0.1) is 35.5 Å². The first-order valence-electron chi connectivity index (χ1n) is 7.24. The smallest absolute Gasteiger partial charge is 0.307 e. The summed E-state index contributed by atoms with van der Waals surface area (Å²) in [4.78, 5) is 23.4. The molecule has 0 aromatic heterocycles. The van der Waals surface area contributed by atoms with Crippen LogP contribution in [0.15, 0.2) is 12.1 Å². The fourth-order valence-electron chi connectivity index (χ4n) is 2.04. The Morgan fingerprint density at radius 1 is 1.35 bits per heavy atom. The van der Waals surface area contributed by atoms with Gasteiger partial charge in [0.25, 0.3) is 5.91 Å². The molecule has 1 atom stereocenters. The predicted molar refractivity (Wildman–Crippen MR) is 92.8 cm³/mol. The predicted octanol–water partition coefficient (Wildman–Crippen LogP) is 2.67. The van der Waals surface area contributed by atoms with Crippen molar-refractivity contribution in [2.45, 2.75) is 33.2 Å². The third kappa shape index (κ3) is 5.03. The second-order valence-electron chi connectivity index (χ2n) is 6.34. The molecule has 4 N–H and O–H groups in total. The Morgan fingerprint density at radius 3 is 2.43 bits per heavy atom. The van der Waals surface area contributed by atoms with Crippen LogP contribution in [-0.2, 0) is 9.53 Å². The van der Waals surface area contributed by atoms with Crippen molar-refractivity contribution in [3.05, 3.63) is 22.7 Å². The van der Waals surface area contributed by atoms with Crippen molar-refractivity contribution in [3.63, 3.8) is 0 Å². The number of amides is 1. The van der Waals surface area contributed by atoms with Crippen LogP contribution in [0.4, 0.5) is 11.4 Å². The molecule has 0 radical (unpaired) electrons. The first-order valence-corrected chi connectivity index (χ1v) is 7.62. The first-order chi connectivity index (χ1) is 10.6. The van der Waals surface area contributed by atoms with E-state index in [1.165, 1.54) is 20.2 Å². The van der Waals surface area contributed by atoms with Crippen molar-refractivity contribution >= 4 is 34.9 Å². The number of esters is 1. The van der Waals surface area contributed by atoms with Gasteiger partial charge in [-0.3, -0.25) is 9.59 Å². The number of hydrogen-bond donors (Lipinski definition) is 3. The Bertz CT molecular complexity index is 597. The number of halogens is 1. The summed E-state index contributed by atoms with van der Waals surface area (Å²) in [6.45, 7) is 6.01. The maximum Gasteiger partial charge on any atom is 0.307 e. The number of hydrogen-bond acceptors (Lipinski definition) is 5. The van der Waals surface area contributed by atoms with Crippen LogP contribution in [0.5, 0.6) is 0 Å². The normalized spacial score (nSPS) is 12.4.